The van der Waals surface area contributed by atoms with Crippen molar-refractivity contribution >= 4 is 0 Å². The van der Waals surface area contributed by atoms with Crippen LogP contribution in [0.2, 0.25) is 0 Å². The van der Waals surface area contributed by atoms with Gasteiger partial charge in [0, 0.05) is 12.6 Å². The molecule has 1 aliphatic rings. The standard InChI is InChI=1S/C7H15NO/c1-5-6(2)8(3)4-7(5)9/h5-7,9H,4H2,1-3H3/t5-,6+,7-/m0/s1. The average molecular weight is 129 g/mol. The molecule has 1 N–H and O–H groups in total. The van der Waals surface area contributed by atoms with E-state index >= 15 is 0 Å². The molecule has 54 valence electrons. The van der Waals surface area contributed by atoms with Crippen molar-refractivity contribution in [2.75, 3.05) is 13.6 Å². The highest BCUT2D eigenvalue weighted by molar-refractivity contribution is 4.85. The molecule has 2 nitrogen and oxygen atoms in total. The predicted octanol–water partition coefficient (Wildman–Crippen LogP) is 0.317. The van der Waals surface area contributed by atoms with Gasteiger partial charge in [-0.3, -0.25) is 0 Å². The molecule has 0 aromatic carbocycles. The monoisotopic (exact) mass is 129 g/mol. The van der Waals surface area contributed by atoms with Gasteiger partial charge in [-0.2, -0.15) is 0 Å². The summed E-state index contributed by atoms with van der Waals surface area (Å²) < 4.78 is 0. The first kappa shape index (κ1) is 7.03. The van der Waals surface area contributed by atoms with Crippen molar-refractivity contribution in [1.82, 2.24) is 4.90 Å². The lowest BCUT2D eigenvalue weighted by atomic mass is 10.0. The van der Waals surface area contributed by atoms with E-state index in [-0.39, 0.29) is 6.10 Å². The fraction of sp³-hybridized carbons (Fsp3) is 1.00. The number of nitrogens with zero attached hydrogens (tertiary/aromatic N) is 1. The van der Waals surface area contributed by atoms with Crippen LogP contribution in [0.25, 0.3) is 0 Å². The maximum atomic E-state index is 9.30. The van der Waals surface area contributed by atoms with Crippen LogP contribution in [0.4, 0.5) is 0 Å². The second-order valence-corrected chi connectivity index (χ2v) is 3.11. The Kier molecular flexibility index (Phi) is 1.78. The van der Waals surface area contributed by atoms with Gasteiger partial charge in [0.05, 0.1) is 6.10 Å². The summed E-state index contributed by atoms with van der Waals surface area (Å²) in [5.74, 6) is 0.440. The van der Waals surface area contributed by atoms with E-state index in [9.17, 15) is 5.11 Å². The van der Waals surface area contributed by atoms with E-state index in [4.69, 9.17) is 0 Å². The van der Waals surface area contributed by atoms with Gasteiger partial charge in [0.25, 0.3) is 0 Å². The molecular formula is C7H15NO. The van der Waals surface area contributed by atoms with Crippen LogP contribution in [0.3, 0.4) is 0 Å². The van der Waals surface area contributed by atoms with Crippen LogP contribution in [0.1, 0.15) is 13.8 Å². The van der Waals surface area contributed by atoms with Crippen molar-refractivity contribution in [3.8, 4) is 0 Å². The summed E-state index contributed by atoms with van der Waals surface area (Å²) in [6.45, 7) is 5.09. The smallest absolute Gasteiger partial charge is 0.0707 e. The SMILES string of the molecule is C[C@H]1[C@@H](C)N(C)C[C@@H]1O. The molecule has 0 aromatic rings. The van der Waals surface area contributed by atoms with E-state index in [0.717, 1.165) is 6.54 Å². The first-order chi connectivity index (χ1) is 4.13. The van der Waals surface area contributed by atoms with Crippen LogP contribution in [-0.2, 0) is 0 Å². The molecule has 0 unspecified atom stereocenters. The van der Waals surface area contributed by atoms with Crippen LogP contribution in [0.5, 0.6) is 0 Å². The lowest BCUT2D eigenvalue weighted by Crippen LogP contribution is -2.24. The Balaban J connectivity index is 2.54. The molecule has 2 heteroatoms. The van der Waals surface area contributed by atoms with Crippen LogP contribution < -0.4 is 0 Å². The van der Waals surface area contributed by atoms with Crippen LogP contribution in [0.15, 0.2) is 0 Å². The average Bonchev–Trinajstić information content (AvgIpc) is 1.98. The van der Waals surface area contributed by atoms with Gasteiger partial charge in [-0.25, -0.2) is 0 Å². The van der Waals surface area contributed by atoms with E-state index in [2.05, 4.69) is 25.8 Å². The Labute approximate surface area is 56.5 Å². The summed E-state index contributed by atoms with van der Waals surface area (Å²) in [6.07, 6.45) is -0.106. The molecule has 1 heterocycles. The van der Waals surface area contributed by atoms with Gasteiger partial charge in [0.2, 0.25) is 0 Å². The molecule has 0 amide bonds. The molecule has 0 aromatic heterocycles. The molecular weight excluding hydrogens is 114 g/mol. The van der Waals surface area contributed by atoms with E-state index < -0.39 is 0 Å². The van der Waals surface area contributed by atoms with E-state index in [1.807, 2.05) is 0 Å². The van der Waals surface area contributed by atoms with Gasteiger partial charge in [-0.15, -0.1) is 0 Å². The summed E-state index contributed by atoms with van der Waals surface area (Å²) >= 11 is 0. The van der Waals surface area contributed by atoms with Crippen molar-refractivity contribution in [1.29, 1.82) is 0 Å². The Morgan fingerprint density at radius 2 is 2.00 bits per heavy atom. The molecule has 0 aliphatic carbocycles. The minimum absolute atomic E-state index is 0.106. The van der Waals surface area contributed by atoms with Gasteiger partial charge in [0.15, 0.2) is 0 Å². The molecule has 0 radical (unpaired) electrons. The molecule has 1 saturated heterocycles. The number of likely N-dealkylation sites (tertiary alicyclic amines) is 1. The van der Waals surface area contributed by atoms with Crippen molar-refractivity contribution < 1.29 is 5.11 Å². The molecule has 9 heavy (non-hydrogen) atoms. The largest absolute Gasteiger partial charge is 0.391 e. The first-order valence-corrected chi connectivity index (χ1v) is 3.51. The number of β-amino-alcohol motifs (C(OH)–C–C–N with tert-alkyl or cyclic N) is 1. The summed E-state index contributed by atoms with van der Waals surface area (Å²) in [4.78, 5) is 2.19. The van der Waals surface area contributed by atoms with Gasteiger partial charge in [0.1, 0.15) is 0 Å². The molecule has 1 aliphatic heterocycles. The minimum atomic E-state index is -0.106. The summed E-state index contributed by atoms with van der Waals surface area (Å²) in [5.41, 5.74) is 0. The summed E-state index contributed by atoms with van der Waals surface area (Å²) in [6, 6.07) is 0.542. The van der Waals surface area contributed by atoms with Crippen molar-refractivity contribution in [3.05, 3.63) is 0 Å². The lowest BCUT2D eigenvalue weighted by molar-refractivity contribution is 0.147. The van der Waals surface area contributed by atoms with Crippen molar-refractivity contribution in [2.45, 2.75) is 26.0 Å². The fourth-order valence-electron chi connectivity index (χ4n) is 1.35. The molecule has 0 spiro atoms. The van der Waals surface area contributed by atoms with Crippen molar-refractivity contribution in [2.24, 2.45) is 5.92 Å². The highest BCUT2D eigenvalue weighted by Gasteiger charge is 2.31. The lowest BCUT2D eigenvalue weighted by Gasteiger charge is -2.16. The Morgan fingerprint density at radius 1 is 1.44 bits per heavy atom. The van der Waals surface area contributed by atoms with Crippen molar-refractivity contribution in [3.63, 3.8) is 0 Å². The third-order valence-corrected chi connectivity index (χ3v) is 2.54. The molecule has 0 bridgehead atoms. The Hall–Kier alpha value is -0.0800. The number of hydrogen-bond donors (Lipinski definition) is 1. The molecule has 3 atom stereocenters. The second kappa shape index (κ2) is 2.27. The van der Waals surface area contributed by atoms with E-state index in [1.54, 1.807) is 0 Å². The minimum Gasteiger partial charge on any atom is -0.391 e. The van der Waals surface area contributed by atoms with Gasteiger partial charge >= 0.3 is 0 Å². The van der Waals surface area contributed by atoms with E-state index in [0.29, 0.717) is 12.0 Å². The van der Waals surface area contributed by atoms with Crippen LogP contribution in [0, 0.1) is 5.92 Å². The third-order valence-electron chi connectivity index (χ3n) is 2.54. The number of aliphatic hydroxyl groups is 1. The van der Waals surface area contributed by atoms with E-state index in [1.165, 1.54) is 0 Å². The maximum Gasteiger partial charge on any atom is 0.0707 e. The highest BCUT2D eigenvalue weighted by Crippen LogP contribution is 2.21. The zero-order valence-corrected chi connectivity index (χ0v) is 6.33. The number of hydrogen-bond acceptors (Lipinski definition) is 2. The Bertz CT molecular complexity index is 93.1. The quantitative estimate of drug-likeness (QED) is 0.509. The van der Waals surface area contributed by atoms with Gasteiger partial charge in [-0.05, 0) is 19.9 Å². The second-order valence-electron chi connectivity index (χ2n) is 3.11. The highest BCUT2D eigenvalue weighted by atomic mass is 16.3. The molecule has 1 fully saturated rings. The zero-order valence-electron chi connectivity index (χ0n) is 6.33. The zero-order chi connectivity index (χ0) is 7.02. The number of likely N-dealkylation sites (N-methyl/N-ethyl adjacent to an activating group) is 1. The van der Waals surface area contributed by atoms with Crippen LogP contribution in [-0.4, -0.2) is 35.7 Å². The maximum absolute atomic E-state index is 9.30. The first-order valence-electron chi connectivity index (χ1n) is 3.51. The summed E-state index contributed by atoms with van der Waals surface area (Å²) in [7, 11) is 2.05. The predicted molar refractivity (Wildman–Crippen MR) is 37.3 cm³/mol. The van der Waals surface area contributed by atoms with Crippen LogP contribution >= 0.6 is 0 Å². The summed E-state index contributed by atoms with van der Waals surface area (Å²) in [5, 5.41) is 9.30. The fourth-order valence-corrected chi connectivity index (χ4v) is 1.35. The normalized spacial score (nSPS) is 46.0. The van der Waals surface area contributed by atoms with Gasteiger partial charge < -0.3 is 10.0 Å². The molecule has 1 rings (SSSR count). The number of rotatable bonds is 0. The number of aliphatic hydroxyl groups excluding tert-OH is 1. The Morgan fingerprint density at radius 3 is 2.11 bits per heavy atom. The molecule has 0 saturated carbocycles. The third kappa shape index (κ3) is 1.10. The topological polar surface area (TPSA) is 23.5 Å². The van der Waals surface area contributed by atoms with Gasteiger partial charge in [-0.1, -0.05) is 6.92 Å².